The average molecular weight is 461 g/mol. The Morgan fingerprint density at radius 1 is 0.879 bits per heavy atom. The first-order valence-corrected chi connectivity index (χ1v) is 11.3. The minimum Gasteiger partial charge on any atom is -0.352 e. The molecule has 2 amide bonds. The number of imidazole rings is 1. The molecule has 0 radical (unpaired) electrons. The lowest BCUT2D eigenvalue weighted by molar-refractivity contribution is -0.121. The Kier molecular flexibility index (Phi) is 7.37. The van der Waals surface area contributed by atoms with E-state index in [4.69, 9.17) is 16.6 Å². The highest BCUT2D eigenvalue weighted by molar-refractivity contribution is 6.33. The molecule has 33 heavy (non-hydrogen) atoms. The van der Waals surface area contributed by atoms with Gasteiger partial charge in [0, 0.05) is 19.5 Å². The van der Waals surface area contributed by atoms with Crippen LogP contribution in [0, 0.1) is 0 Å². The van der Waals surface area contributed by atoms with Gasteiger partial charge in [-0.2, -0.15) is 0 Å². The van der Waals surface area contributed by atoms with E-state index in [9.17, 15) is 9.59 Å². The molecule has 4 rings (SSSR count). The molecule has 168 valence electrons. The van der Waals surface area contributed by atoms with Gasteiger partial charge in [-0.15, -0.1) is 0 Å². The highest BCUT2D eigenvalue weighted by Gasteiger charge is 2.14. The molecule has 4 aromatic rings. The van der Waals surface area contributed by atoms with Crippen LogP contribution in [-0.4, -0.2) is 27.9 Å². The second kappa shape index (κ2) is 10.8. The van der Waals surface area contributed by atoms with Crippen molar-refractivity contribution in [1.82, 2.24) is 20.2 Å². The molecular formula is C26H25ClN4O2. The third kappa shape index (κ3) is 5.79. The monoisotopic (exact) mass is 460 g/mol. The quantitative estimate of drug-likeness (QED) is 0.364. The number of fused-ring (bicyclic) bond motifs is 1. The number of carbonyl (C=O) groups is 2. The fourth-order valence-electron chi connectivity index (χ4n) is 3.68. The Morgan fingerprint density at radius 2 is 1.61 bits per heavy atom. The summed E-state index contributed by atoms with van der Waals surface area (Å²) in [6, 6.07) is 24.6. The third-order valence-electron chi connectivity index (χ3n) is 5.35. The van der Waals surface area contributed by atoms with Gasteiger partial charge >= 0.3 is 0 Å². The highest BCUT2D eigenvalue weighted by atomic mass is 35.5. The number of hydrogen-bond acceptors (Lipinski definition) is 3. The van der Waals surface area contributed by atoms with Crippen molar-refractivity contribution in [2.75, 3.05) is 6.54 Å². The zero-order chi connectivity index (χ0) is 23.0. The zero-order valence-corrected chi connectivity index (χ0v) is 18.9. The van der Waals surface area contributed by atoms with E-state index in [0.717, 1.165) is 22.4 Å². The van der Waals surface area contributed by atoms with Crippen molar-refractivity contribution in [1.29, 1.82) is 0 Å². The maximum Gasteiger partial charge on any atom is 0.252 e. The first-order chi connectivity index (χ1) is 16.1. The Morgan fingerprint density at radius 3 is 2.42 bits per heavy atom. The van der Waals surface area contributed by atoms with E-state index >= 15 is 0 Å². The SMILES string of the molecule is O=C(Cn1c(CCCNC(=O)c2ccccc2Cl)nc2ccccc21)NCc1ccccc1. The van der Waals surface area contributed by atoms with E-state index in [-0.39, 0.29) is 18.4 Å². The van der Waals surface area contributed by atoms with Gasteiger partial charge in [0.05, 0.1) is 21.6 Å². The van der Waals surface area contributed by atoms with Crippen LogP contribution in [0.3, 0.4) is 0 Å². The van der Waals surface area contributed by atoms with Gasteiger partial charge in [0.2, 0.25) is 5.91 Å². The van der Waals surface area contributed by atoms with E-state index in [0.29, 0.717) is 36.5 Å². The van der Waals surface area contributed by atoms with Crippen LogP contribution >= 0.6 is 11.6 Å². The molecule has 1 heterocycles. The van der Waals surface area contributed by atoms with Crippen LogP contribution < -0.4 is 10.6 Å². The molecule has 0 aliphatic carbocycles. The topological polar surface area (TPSA) is 76.0 Å². The van der Waals surface area contributed by atoms with Gasteiger partial charge in [0.1, 0.15) is 12.4 Å². The standard InChI is InChI=1S/C26H25ClN4O2/c27-21-12-5-4-11-20(21)26(33)28-16-8-15-24-30-22-13-6-7-14-23(22)31(24)18-25(32)29-17-19-9-2-1-3-10-19/h1-7,9-14H,8,15-18H2,(H,28,33)(H,29,32). The number of para-hydroxylation sites is 2. The van der Waals surface area contributed by atoms with E-state index in [1.807, 2.05) is 59.2 Å². The minimum absolute atomic E-state index is 0.0738. The van der Waals surface area contributed by atoms with Gasteiger partial charge in [0.25, 0.3) is 5.91 Å². The van der Waals surface area contributed by atoms with Gasteiger partial charge in [-0.1, -0.05) is 66.2 Å². The predicted molar refractivity (Wildman–Crippen MR) is 130 cm³/mol. The van der Waals surface area contributed by atoms with Gasteiger partial charge in [-0.05, 0) is 36.2 Å². The summed E-state index contributed by atoms with van der Waals surface area (Å²) in [5, 5.41) is 6.31. The lowest BCUT2D eigenvalue weighted by atomic mass is 10.2. The van der Waals surface area contributed by atoms with Crippen molar-refractivity contribution in [3.8, 4) is 0 Å². The van der Waals surface area contributed by atoms with Crippen molar-refractivity contribution in [2.24, 2.45) is 0 Å². The molecule has 0 fully saturated rings. The number of amides is 2. The van der Waals surface area contributed by atoms with Gasteiger partial charge in [-0.25, -0.2) is 4.98 Å². The van der Waals surface area contributed by atoms with E-state index in [1.54, 1.807) is 24.3 Å². The van der Waals surface area contributed by atoms with Gasteiger partial charge in [0.15, 0.2) is 0 Å². The van der Waals surface area contributed by atoms with Crippen LogP contribution in [0.25, 0.3) is 11.0 Å². The van der Waals surface area contributed by atoms with Crippen molar-refractivity contribution in [3.05, 3.63) is 101 Å². The van der Waals surface area contributed by atoms with Crippen molar-refractivity contribution in [2.45, 2.75) is 25.9 Å². The average Bonchev–Trinajstić information content (AvgIpc) is 3.18. The lowest BCUT2D eigenvalue weighted by Gasteiger charge is -2.11. The number of aryl methyl sites for hydroxylation is 1. The molecule has 0 aliphatic rings. The molecule has 3 aromatic carbocycles. The number of benzene rings is 3. The van der Waals surface area contributed by atoms with Crippen molar-refractivity contribution >= 4 is 34.4 Å². The molecule has 0 aliphatic heterocycles. The summed E-state index contributed by atoms with van der Waals surface area (Å²) < 4.78 is 1.95. The molecule has 0 bridgehead atoms. The molecule has 1 aromatic heterocycles. The molecular weight excluding hydrogens is 436 g/mol. The van der Waals surface area contributed by atoms with Crippen LogP contribution in [0.2, 0.25) is 5.02 Å². The van der Waals surface area contributed by atoms with Crippen LogP contribution in [-0.2, 0) is 24.3 Å². The smallest absolute Gasteiger partial charge is 0.252 e. The number of rotatable bonds is 9. The molecule has 6 nitrogen and oxygen atoms in total. The summed E-state index contributed by atoms with van der Waals surface area (Å²) >= 11 is 6.09. The van der Waals surface area contributed by atoms with Gasteiger partial charge in [-0.3, -0.25) is 9.59 Å². The maximum atomic E-state index is 12.7. The molecule has 0 spiro atoms. The zero-order valence-electron chi connectivity index (χ0n) is 18.1. The fourth-order valence-corrected chi connectivity index (χ4v) is 3.90. The lowest BCUT2D eigenvalue weighted by Crippen LogP contribution is -2.28. The third-order valence-corrected chi connectivity index (χ3v) is 5.68. The largest absolute Gasteiger partial charge is 0.352 e. The van der Waals surface area contributed by atoms with Gasteiger partial charge < -0.3 is 15.2 Å². The van der Waals surface area contributed by atoms with E-state index in [1.165, 1.54) is 0 Å². The van der Waals surface area contributed by atoms with Crippen molar-refractivity contribution < 1.29 is 9.59 Å². The number of aromatic nitrogens is 2. The number of nitrogens with one attached hydrogen (secondary N) is 2. The first-order valence-electron chi connectivity index (χ1n) is 10.9. The Hall–Kier alpha value is -3.64. The molecule has 2 N–H and O–H groups in total. The Labute approximate surface area is 197 Å². The minimum atomic E-state index is -0.200. The molecule has 0 unspecified atom stereocenters. The molecule has 0 saturated carbocycles. The number of nitrogens with zero attached hydrogens (tertiary/aromatic N) is 2. The first kappa shape index (κ1) is 22.6. The number of hydrogen-bond donors (Lipinski definition) is 2. The Balaban J connectivity index is 1.38. The fraction of sp³-hybridized carbons (Fsp3) is 0.192. The number of halogens is 1. The van der Waals surface area contributed by atoms with E-state index < -0.39 is 0 Å². The summed E-state index contributed by atoms with van der Waals surface area (Å²) in [4.78, 5) is 29.7. The molecule has 7 heteroatoms. The highest BCUT2D eigenvalue weighted by Crippen LogP contribution is 2.18. The van der Waals surface area contributed by atoms with Crippen molar-refractivity contribution in [3.63, 3.8) is 0 Å². The summed E-state index contributed by atoms with van der Waals surface area (Å²) in [6.45, 7) is 1.15. The second-order valence-electron chi connectivity index (χ2n) is 7.70. The van der Waals surface area contributed by atoms with E-state index in [2.05, 4.69) is 10.6 Å². The summed E-state index contributed by atoms with van der Waals surface area (Å²) in [7, 11) is 0. The summed E-state index contributed by atoms with van der Waals surface area (Å²) in [5.74, 6) is 0.544. The van der Waals surface area contributed by atoms with Crippen LogP contribution in [0.15, 0.2) is 78.9 Å². The predicted octanol–water partition coefficient (Wildman–Crippen LogP) is 4.37. The summed E-state index contributed by atoms with van der Waals surface area (Å²) in [6.07, 6.45) is 1.31. The maximum absolute atomic E-state index is 12.7. The van der Waals surface area contributed by atoms with Crippen LogP contribution in [0.4, 0.5) is 0 Å². The second-order valence-corrected chi connectivity index (χ2v) is 8.11. The van der Waals surface area contributed by atoms with Crippen LogP contribution in [0.5, 0.6) is 0 Å². The summed E-state index contributed by atoms with van der Waals surface area (Å²) in [5.41, 5.74) is 3.28. The molecule has 0 atom stereocenters. The normalized spacial score (nSPS) is 10.8. The Bertz CT molecular complexity index is 1250. The molecule has 0 saturated heterocycles. The number of carbonyl (C=O) groups excluding carboxylic acids is 2. The van der Waals surface area contributed by atoms with Crippen LogP contribution in [0.1, 0.15) is 28.2 Å².